The number of hydrogen-bond donors (Lipinski definition) is 4. The van der Waals surface area contributed by atoms with Gasteiger partial charge in [-0.25, -0.2) is 15.0 Å². The van der Waals surface area contributed by atoms with Crippen molar-refractivity contribution in [3.8, 4) is 0 Å². The summed E-state index contributed by atoms with van der Waals surface area (Å²) in [5.74, 6) is 1.39. The minimum atomic E-state index is -4.42. The fourth-order valence-electron chi connectivity index (χ4n) is 6.33. The fourth-order valence-corrected chi connectivity index (χ4v) is 6.33. The van der Waals surface area contributed by atoms with Crippen LogP contribution in [0.3, 0.4) is 0 Å². The summed E-state index contributed by atoms with van der Waals surface area (Å²) in [6.07, 6.45) is -3.57. The number of aliphatic hydroxyl groups is 2. The number of nitrogens with zero attached hydrogens (tertiary/aromatic N) is 5. The zero-order valence-electron chi connectivity index (χ0n) is 24.4. The van der Waals surface area contributed by atoms with Crippen LogP contribution in [0.5, 0.6) is 0 Å². The normalized spacial score (nSPS) is 26.5. The Kier molecular flexibility index (Phi) is 7.64. The molecular weight excluding hydrogens is 563 g/mol. The quantitative estimate of drug-likeness (QED) is 0.237. The number of aryl methyl sites for hydroxylation is 1. The van der Waals surface area contributed by atoms with Gasteiger partial charge in [0.25, 0.3) is 0 Å². The smallest absolute Gasteiger partial charge is 0.387 e. The van der Waals surface area contributed by atoms with E-state index in [2.05, 4.69) is 47.9 Å². The number of rotatable bonds is 8. The monoisotopic (exact) mass is 601 g/mol. The zero-order valence-corrected chi connectivity index (χ0v) is 24.4. The number of benzene rings is 1. The van der Waals surface area contributed by atoms with E-state index in [1.54, 1.807) is 12.3 Å². The van der Waals surface area contributed by atoms with Crippen LogP contribution in [0.1, 0.15) is 57.6 Å². The van der Waals surface area contributed by atoms with Crippen molar-refractivity contribution in [2.24, 2.45) is 5.92 Å². The number of nitrogen functional groups attached to an aromatic ring is 1. The SMILES string of the molecule is CC(C)(C)c1ccc2nc(CCC3CC(N(C[C@H]4O[C@@H](n5ccc6c(N)ncnc65)[C@@H](O)[C@H]4O)CC(F)(F)F)C3)[nH]c2c1. The Bertz CT molecular complexity index is 1590. The average molecular weight is 602 g/mol. The summed E-state index contributed by atoms with van der Waals surface area (Å²) in [6, 6.07) is 7.61. The molecule has 4 aromatic rings. The topological polar surface area (TPSA) is 138 Å². The second kappa shape index (κ2) is 11.0. The third-order valence-corrected chi connectivity index (χ3v) is 8.86. The molecule has 13 heteroatoms. The Labute approximate surface area is 247 Å². The molecule has 5 N–H and O–H groups in total. The first-order chi connectivity index (χ1) is 20.3. The highest BCUT2D eigenvalue weighted by Gasteiger charge is 2.47. The molecule has 0 amide bonds. The van der Waals surface area contributed by atoms with Crippen LogP contribution in [0, 0.1) is 5.92 Å². The minimum absolute atomic E-state index is 0.0292. The van der Waals surface area contributed by atoms with Gasteiger partial charge in [-0.2, -0.15) is 13.2 Å². The summed E-state index contributed by atoms with van der Waals surface area (Å²) in [5.41, 5.74) is 9.45. The first-order valence-electron chi connectivity index (χ1n) is 14.7. The lowest BCUT2D eigenvalue weighted by Crippen LogP contribution is -2.52. The molecule has 1 aliphatic carbocycles. The third kappa shape index (κ3) is 6.08. The van der Waals surface area contributed by atoms with Gasteiger partial charge in [0.05, 0.1) is 23.0 Å². The van der Waals surface area contributed by atoms with Crippen molar-refractivity contribution in [2.45, 2.75) is 88.6 Å². The number of imidazole rings is 1. The van der Waals surface area contributed by atoms with Gasteiger partial charge in [0.1, 0.15) is 41.9 Å². The number of fused-ring (bicyclic) bond motifs is 2. The van der Waals surface area contributed by atoms with E-state index in [1.165, 1.54) is 21.4 Å². The van der Waals surface area contributed by atoms with Crippen LogP contribution >= 0.6 is 0 Å². The number of aliphatic hydroxyl groups excluding tert-OH is 2. The Morgan fingerprint density at radius 2 is 1.88 bits per heavy atom. The van der Waals surface area contributed by atoms with Gasteiger partial charge in [-0.3, -0.25) is 4.90 Å². The minimum Gasteiger partial charge on any atom is -0.387 e. The number of alkyl halides is 3. The Hall–Kier alpha value is -3.26. The van der Waals surface area contributed by atoms with Crippen molar-refractivity contribution in [2.75, 3.05) is 18.8 Å². The molecule has 0 unspecified atom stereocenters. The number of ether oxygens (including phenoxy) is 1. The molecule has 3 aromatic heterocycles. The van der Waals surface area contributed by atoms with E-state index >= 15 is 0 Å². The Morgan fingerprint density at radius 3 is 2.60 bits per heavy atom. The number of nitrogens with one attached hydrogen (secondary N) is 1. The van der Waals surface area contributed by atoms with E-state index in [9.17, 15) is 23.4 Å². The number of anilines is 1. The van der Waals surface area contributed by atoms with Crippen molar-refractivity contribution in [1.82, 2.24) is 29.4 Å². The lowest BCUT2D eigenvalue weighted by atomic mass is 9.76. The lowest BCUT2D eigenvalue weighted by Gasteiger charge is -2.44. The highest BCUT2D eigenvalue weighted by Crippen LogP contribution is 2.39. The summed E-state index contributed by atoms with van der Waals surface area (Å²) >= 11 is 0. The maximum absolute atomic E-state index is 13.6. The Balaban J connectivity index is 1.08. The first-order valence-corrected chi connectivity index (χ1v) is 14.7. The highest BCUT2D eigenvalue weighted by atomic mass is 19.4. The van der Waals surface area contributed by atoms with Gasteiger partial charge in [0.2, 0.25) is 0 Å². The molecule has 232 valence electrons. The number of nitrogens with two attached hydrogens (primary N) is 1. The van der Waals surface area contributed by atoms with Gasteiger partial charge < -0.3 is 30.2 Å². The summed E-state index contributed by atoms with van der Waals surface area (Å²) in [6.45, 7) is 5.21. The molecule has 43 heavy (non-hydrogen) atoms. The average Bonchev–Trinajstić information content (AvgIpc) is 3.58. The van der Waals surface area contributed by atoms with Gasteiger partial charge in [0.15, 0.2) is 6.23 Å². The van der Waals surface area contributed by atoms with Crippen LogP contribution in [0.15, 0.2) is 36.8 Å². The lowest BCUT2D eigenvalue weighted by molar-refractivity contribution is -0.163. The van der Waals surface area contributed by atoms with Crippen LogP contribution in [0.4, 0.5) is 19.0 Å². The molecule has 2 aliphatic rings. The third-order valence-electron chi connectivity index (χ3n) is 8.86. The van der Waals surface area contributed by atoms with E-state index in [1.807, 2.05) is 6.07 Å². The standard InChI is InChI=1S/C30H38F3N7O3/c1-29(2,3)17-5-6-20-21(12-17)38-23(37-20)7-4-16-10-18(11-16)39(14-30(31,32)33)13-22-24(41)25(42)28(43-22)40-9-8-19-26(34)35-15-36-27(19)40/h5-6,8-9,12,15-16,18,22,24-25,28,41-42H,4,7,10-11,13-14H2,1-3H3,(H,37,38)(H2,34,35,36)/t16?,18?,22-,24+,25+,28-/m1/s1. The fraction of sp³-hybridized carbons (Fsp3) is 0.567. The summed E-state index contributed by atoms with van der Waals surface area (Å²) in [4.78, 5) is 17.6. The maximum atomic E-state index is 13.6. The molecule has 10 nitrogen and oxygen atoms in total. The van der Waals surface area contributed by atoms with Gasteiger partial charge in [0, 0.05) is 25.2 Å². The number of aromatic amines is 1. The summed E-state index contributed by atoms with van der Waals surface area (Å²) in [5, 5.41) is 22.1. The van der Waals surface area contributed by atoms with Crippen LogP contribution in [0.25, 0.3) is 22.1 Å². The molecule has 4 atom stereocenters. The highest BCUT2D eigenvalue weighted by molar-refractivity contribution is 5.86. The van der Waals surface area contributed by atoms with Crippen LogP contribution in [-0.2, 0) is 16.6 Å². The van der Waals surface area contributed by atoms with Crippen LogP contribution in [0.2, 0.25) is 0 Å². The van der Waals surface area contributed by atoms with Gasteiger partial charge in [-0.1, -0.05) is 26.8 Å². The second-order valence-electron chi connectivity index (χ2n) is 13.0. The molecule has 0 bridgehead atoms. The molecule has 0 spiro atoms. The molecule has 2 fully saturated rings. The molecule has 1 saturated heterocycles. The second-order valence-corrected chi connectivity index (χ2v) is 13.0. The zero-order chi connectivity index (χ0) is 30.7. The van der Waals surface area contributed by atoms with Crippen molar-refractivity contribution in [3.63, 3.8) is 0 Å². The number of aromatic nitrogens is 5. The summed E-state index contributed by atoms with van der Waals surface area (Å²) < 4.78 is 48.4. The van der Waals surface area contributed by atoms with Crippen molar-refractivity contribution in [3.05, 3.63) is 48.2 Å². The van der Waals surface area contributed by atoms with E-state index in [0.29, 0.717) is 30.3 Å². The van der Waals surface area contributed by atoms with Crippen molar-refractivity contribution >= 4 is 27.9 Å². The predicted octanol–water partition coefficient (Wildman–Crippen LogP) is 4.08. The molecule has 0 radical (unpaired) electrons. The molecule has 1 saturated carbocycles. The predicted molar refractivity (Wildman–Crippen MR) is 155 cm³/mol. The maximum Gasteiger partial charge on any atom is 0.401 e. The molecule has 1 aliphatic heterocycles. The van der Waals surface area contributed by atoms with E-state index in [4.69, 9.17) is 15.5 Å². The van der Waals surface area contributed by atoms with Gasteiger partial charge in [-0.15, -0.1) is 0 Å². The van der Waals surface area contributed by atoms with Gasteiger partial charge in [-0.05, 0) is 54.4 Å². The van der Waals surface area contributed by atoms with Crippen molar-refractivity contribution in [1.29, 1.82) is 0 Å². The molecule has 4 heterocycles. The van der Waals surface area contributed by atoms with E-state index in [-0.39, 0.29) is 29.7 Å². The largest absolute Gasteiger partial charge is 0.401 e. The molecule has 6 rings (SSSR count). The molecule has 1 aromatic carbocycles. The molecular formula is C30H38F3N7O3. The Morgan fingerprint density at radius 1 is 1.12 bits per heavy atom. The van der Waals surface area contributed by atoms with Crippen LogP contribution < -0.4 is 5.73 Å². The van der Waals surface area contributed by atoms with Crippen molar-refractivity contribution < 1.29 is 28.1 Å². The number of halogens is 3. The van der Waals surface area contributed by atoms with E-state index < -0.39 is 37.3 Å². The summed E-state index contributed by atoms with van der Waals surface area (Å²) in [7, 11) is 0. The van der Waals surface area contributed by atoms with Crippen LogP contribution in [-0.4, -0.2) is 83.2 Å². The number of hydrogen-bond acceptors (Lipinski definition) is 8. The van der Waals surface area contributed by atoms with Gasteiger partial charge >= 0.3 is 6.18 Å². The number of H-pyrrole nitrogens is 1. The van der Waals surface area contributed by atoms with E-state index in [0.717, 1.165) is 23.3 Å². The first kappa shape index (κ1) is 29.8.